The second kappa shape index (κ2) is 32.6. The molecular weight excluding hydrogens is 667 g/mol. The minimum atomic E-state index is -4.78. The minimum Gasteiger partial charge on any atom is -0.462 e. The van der Waals surface area contributed by atoms with Gasteiger partial charge in [0, 0.05) is 12.8 Å². The standard InChI is InChI=1S/C41H71O9P/c1-3-5-7-9-11-13-14-15-16-17-18-20-22-24-29-33-40(42)47-35-37(36-48-51(44,45)46)49-41(43)34-30-26-25-28-32-39-38(50-39)31-27-23-21-19-12-10-8-6-4-2/h12,15-16,19,23,25,27-28,37-39H,3-11,13-14,17-18,20-22,24,26,29-36H2,1-2H3,(H2,44,45,46)/b16-15-,19-12-,27-23-,28-25-/t37-,38?,39?/m1/s1. The van der Waals surface area contributed by atoms with E-state index in [0.29, 0.717) is 19.3 Å². The number of hydrogen-bond donors (Lipinski definition) is 2. The molecule has 0 saturated carbocycles. The normalized spacial score (nSPS) is 16.9. The van der Waals surface area contributed by atoms with Gasteiger partial charge in [-0.25, -0.2) is 4.57 Å². The quantitative estimate of drug-likeness (QED) is 0.0214. The zero-order valence-electron chi connectivity index (χ0n) is 31.9. The lowest BCUT2D eigenvalue weighted by molar-refractivity contribution is -0.161. The van der Waals surface area contributed by atoms with Gasteiger partial charge in [-0.15, -0.1) is 0 Å². The van der Waals surface area contributed by atoms with Crippen LogP contribution in [0.2, 0.25) is 0 Å². The Hall–Kier alpha value is -2.03. The maximum Gasteiger partial charge on any atom is 0.469 e. The summed E-state index contributed by atoms with van der Waals surface area (Å²) in [6.45, 7) is 3.58. The maximum atomic E-state index is 12.4. The van der Waals surface area contributed by atoms with Crippen LogP contribution >= 0.6 is 7.82 Å². The molecule has 51 heavy (non-hydrogen) atoms. The van der Waals surface area contributed by atoms with Gasteiger partial charge in [-0.2, -0.15) is 0 Å². The van der Waals surface area contributed by atoms with Gasteiger partial charge < -0.3 is 24.0 Å². The molecule has 3 atom stereocenters. The summed E-state index contributed by atoms with van der Waals surface area (Å²) in [6, 6.07) is 0. The van der Waals surface area contributed by atoms with Gasteiger partial charge in [0.05, 0.1) is 18.8 Å². The number of phosphoric ester groups is 1. The molecule has 1 aliphatic rings. The highest BCUT2D eigenvalue weighted by Gasteiger charge is 2.36. The lowest BCUT2D eigenvalue weighted by Gasteiger charge is -2.18. The predicted octanol–water partition coefficient (Wildman–Crippen LogP) is 10.9. The number of hydrogen-bond acceptors (Lipinski definition) is 7. The number of allylic oxidation sites excluding steroid dienone is 6. The Morgan fingerprint density at radius 1 is 0.608 bits per heavy atom. The molecule has 0 radical (unpaired) electrons. The van der Waals surface area contributed by atoms with E-state index < -0.39 is 32.5 Å². The Morgan fingerprint density at radius 3 is 1.73 bits per heavy atom. The van der Waals surface area contributed by atoms with Crippen LogP contribution < -0.4 is 0 Å². The predicted molar refractivity (Wildman–Crippen MR) is 206 cm³/mol. The second-order valence-corrected chi connectivity index (χ2v) is 14.9. The highest BCUT2D eigenvalue weighted by Crippen LogP contribution is 2.36. The van der Waals surface area contributed by atoms with Crippen molar-refractivity contribution in [1.29, 1.82) is 0 Å². The highest BCUT2D eigenvalue weighted by atomic mass is 31.2. The van der Waals surface area contributed by atoms with Crippen LogP contribution in [-0.4, -0.2) is 53.3 Å². The van der Waals surface area contributed by atoms with Crippen molar-refractivity contribution in [2.24, 2.45) is 0 Å². The molecule has 0 aliphatic carbocycles. The third-order valence-corrected chi connectivity index (χ3v) is 9.21. The summed E-state index contributed by atoms with van der Waals surface area (Å²) in [5.41, 5.74) is 0. The molecule has 294 valence electrons. The molecule has 1 saturated heterocycles. The second-order valence-electron chi connectivity index (χ2n) is 13.6. The Balaban J connectivity index is 2.14. The van der Waals surface area contributed by atoms with Crippen LogP contribution in [0.5, 0.6) is 0 Å². The first-order valence-corrected chi connectivity index (χ1v) is 21.6. The van der Waals surface area contributed by atoms with Crippen LogP contribution in [-0.2, 0) is 32.9 Å². The van der Waals surface area contributed by atoms with Gasteiger partial charge in [0.1, 0.15) is 6.61 Å². The molecule has 2 unspecified atom stereocenters. The average molecular weight is 739 g/mol. The molecule has 9 nitrogen and oxygen atoms in total. The SMILES string of the molecule is CCCCC/C=C\C/C=C\CC1OC1C/C=C\CCCC(=O)O[C@H](COC(=O)CCCCCCC/C=C\CCCCCCCC)COP(=O)(O)O. The van der Waals surface area contributed by atoms with Crippen molar-refractivity contribution in [3.05, 3.63) is 48.6 Å². The molecule has 1 aliphatic heterocycles. The first kappa shape index (κ1) is 47.0. The van der Waals surface area contributed by atoms with E-state index in [9.17, 15) is 14.2 Å². The fraction of sp³-hybridized carbons (Fsp3) is 0.756. The average Bonchev–Trinajstić information content (AvgIpc) is 3.85. The molecule has 2 N–H and O–H groups in total. The first-order valence-electron chi connectivity index (χ1n) is 20.1. The van der Waals surface area contributed by atoms with Gasteiger partial charge in [0.15, 0.2) is 6.10 Å². The van der Waals surface area contributed by atoms with Crippen molar-refractivity contribution in [2.75, 3.05) is 13.2 Å². The molecule has 1 heterocycles. The molecule has 1 fully saturated rings. The summed E-state index contributed by atoms with van der Waals surface area (Å²) in [6.07, 6.45) is 41.4. The van der Waals surface area contributed by atoms with E-state index in [1.807, 2.05) is 6.08 Å². The van der Waals surface area contributed by atoms with E-state index in [-0.39, 0.29) is 31.7 Å². The summed E-state index contributed by atoms with van der Waals surface area (Å²) in [5.74, 6) is -0.970. The Morgan fingerprint density at radius 2 is 1.08 bits per heavy atom. The zero-order chi connectivity index (χ0) is 37.3. The van der Waals surface area contributed by atoms with E-state index >= 15 is 0 Å². The van der Waals surface area contributed by atoms with Crippen molar-refractivity contribution in [1.82, 2.24) is 0 Å². The summed E-state index contributed by atoms with van der Waals surface area (Å²) < 4.78 is 32.0. The van der Waals surface area contributed by atoms with Crippen LogP contribution in [0.15, 0.2) is 48.6 Å². The van der Waals surface area contributed by atoms with Gasteiger partial charge in [0.25, 0.3) is 0 Å². The van der Waals surface area contributed by atoms with Gasteiger partial charge in [0.2, 0.25) is 0 Å². The number of epoxide rings is 1. The molecule has 0 aromatic rings. The summed E-state index contributed by atoms with van der Waals surface area (Å²) in [4.78, 5) is 42.8. The van der Waals surface area contributed by atoms with Gasteiger partial charge in [-0.05, 0) is 77.0 Å². The Kier molecular flexibility index (Phi) is 30.0. The lowest BCUT2D eigenvalue weighted by Crippen LogP contribution is -2.29. The van der Waals surface area contributed by atoms with E-state index in [0.717, 1.165) is 57.8 Å². The number of phosphoric acid groups is 1. The van der Waals surface area contributed by atoms with Gasteiger partial charge >= 0.3 is 19.8 Å². The fourth-order valence-electron chi connectivity index (χ4n) is 5.58. The molecular formula is C41H71O9P. The van der Waals surface area contributed by atoms with Crippen LogP contribution in [0.1, 0.15) is 168 Å². The van der Waals surface area contributed by atoms with E-state index in [2.05, 4.69) is 60.9 Å². The Labute approximate surface area is 309 Å². The van der Waals surface area contributed by atoms with Crippen LogP contribution in [0.25, 0.3) is 0 Å². The van der Waals surface area contributed by atoms with Gasteiger partial charge in [-0.3, -0.25) is 14.1 Å². The van der Waals surface area contributed by atoms with Gasteiger partial charge in [-0.1, -0.05) is 127 Å². The molecule has 0 aromatic heterocycles. The minimum absolute atomic E-state index is 0.125. The number of esters is 2. The maximum absolute atomic E-state index is 12.4. The van der Waals surface area contributed by atoms with Crippen molar-refractivity contribution >= 4 is 19.8 Å². The van der Waals surface area contributed by atoms with Crippen molar-refractivity contribution in [2.45, 2.75) is 186 Å². The molecule has 0 bridgehead atoms. The van der Waals surface area contributed by atoms with Crippen molar-refractivity contribution in [3.8, 4) is 0 Å². The molecule has 10 heteroatoms. The summed E-state index contributed by atoms with van der Waals surface area (Å²) in [7, 11) is -4.78. The molecule has 0 aromatic carbocycles. The van der Waals surface area contributed by atoms with E-state index in [1.54, 1.807) is 0 Å². The molecule has 1 rings (SSSR count). The number of ether oxygens (including phenoxy) is 3. The van der Waals surface area contributed by atoms with Crippen molar-refractivity contribution < 1.29 is 42.7 Å². The Bertz CT molecular complexity index is 1030. The third kappa shape index (κ3) is 32.4. The van der Waals surface area contributed by atoms with Crippen LogP contribution in [0.4, 0.5) is 0 Å². The lowest BCUT2D eigenvalue weighted by atomic mass is 10.1. The topological polar surface area (TPSA) is 132 Å². The largest absolute Gasteiger partial charge is 0.469 e. The summed E-state index contributed by atoms with van der Waals surface area (Å²) in [5, 5.41) is 0. The highest BCUT2D eigenvalue weighted by molar-refractivity contribution is 7.46. The van der Waals surface area contributed by atoms with Crippen LogP contribution in [0, 0.1) is 0 Å². The molecule has 0 amide bonds. The summed E-state index contributed by atoms with van der Waals surface area (Å²) >= 11 is 0. The van der Waals surface area contributed by atoms with E-state index in [4.69, 9.17) is 24.0 Å². The van der Waals surface area contributed by atoms with E-state index in [1.165, 1.54) is 64.2 Å². The number of carbonyl (C=O) groups is 2. The monoisotopic (exact) mass is 738 g/mol. The zero-order valence-corrected chi connectivity index (χ0v) is 32.8. The first-order chi connectivity index (χ1) is 24.7. The smallest absolute Gasteiger partial charge is 0.462 e. The van der Waals surface area contributed by atoms with Crippen LogP contribution in [0.3, 0.4) is 0 Å². The molecule has 0 spiro atoms. The van der Waals surface area contributed by atoms with Crippen molar-refractivity contribution in [3.63, 3.8) is 0 Å². The number of rotatable bonds is 35. The fourth-order valence-corrected chi connectivity index (χ4v) is 5.94. The third-order valence-electron chi connectivity index (χ3n) is 8.72. The number of carbonyl (C=O) groups excluding carboxylic acids is 2. The number of unbranched alkanes of at least 4 members (excludes halogenated alkanes) is 15.